The molecule has 1 aliphatic carbocycles. The van der Waals surface area contributed by atoms with Gasteiger partial charge in [0.25, 0.3) is 0 Å². The molecular formula is C14H18BrNO2S. The fourth-order valence-electron chi connectivity index (χ4n) is 3.66. The molecule has 2 fully saturated rings. The summed E-state index contributed by atoms with van der Waals surface area (Å²) in [5, 5.41) is 11.6. The number of likely N-dealkylation sites (tertiary alicyclic amines) is 1. The van der Waals surface area contributed by atoms with Crippen LogP contribution >= 0.6 is 27.3 Å². The van der Waals surface area contributed by atoms with Gasteiger partial charge in [-0.25, -0.2) is 0 Å². The highest BCUT2D eigenvalue weighted by atomic mass is 79.9. The molecule has 1 saturated heterocycles. The molecule has 1 aliphatic heterocycles. The van der Waals surface area contributed by atoms with Crippen molar-refractivity contribution >= 4 is 33.2 Å². The van der Waals surface area contributed by atoms with Crippen molar-refractivity contribution in [1.82, 2.24) is 4.90 Å². The molecule has 0 bridgehead atoms. The molecule has 0 radical (unpaired) electrons. The molecule has 0 unspecified atom stereocenters. The Balaban J connectivity index is 1.80. The summed E-state index contributed by atoms with van der Waals surface area (Å²) in [5.41, 5.74) is 1.23. The molecule has 104 valence electrons. The Labute approximate surface area is 125 Å². The van der Waals surface area contributed by atoms with Crippen LogP contribution in [0.15, 0.2) is 15.2 Å². The SMILES string of the molecule is O=C(O)[C@@H]1C[C@@H]2CCCC[C@@H]2N1Cc1csc(Br)c1. The quantitative estimate of drug-likeness (QED) is 0.908. The Morgan fingerprint density at radius 1 is 1.47 bits per heavy atom. The first-order valence-corrected chi connectivity index (χ1v) is 8.54. The van der Waals surface area contributed by atoms with Gasteiger partial charge in [0, 0.05) is 12.6 Å². The second-order valence-corrected chi connectivity index (χ2v) is 7.92. The van der Waals surface area contributed by atoms with Gasteiger partial charge in [-0.05, 0) is 58.1 Å². The summed E-state index contributed by atoms with van der Waals surface area (Å²) in [5.74, 6) is -0.0550. The molecule has 1 N–H and O–H groups in total. The maximum atomic E-state index is 11.5. The van der Waals surface area contributed by atoms with Gasteiger partial charge in [0.05, 0.1) is 3.79 Å². The lowest BCUT2D eigenvalue weighted by molar-refractivity contribution is -0.142. The van der Waals surface area contributed by atoms with Crippen molar-refractivity contribution in [2.75, 3.05) is 0 Å². The van der Waals surface area contributed by atoms with Crippen LogP contribution in [0.2, 0.25) is 0 Å². The van der Waals surface area contributed by atoms with E-state index in [9.17, 15) is 9.90 Å². The number of halogens is 1. The largest absolute Gasteiger partial charge is 0.480 e. The van der Waals surface area contributed by atoms with E-state index in [-0.39, 0.29) is 6.04 Å². The van der Waals surface area contributed by atoms with Crippen LogP contribution in [0.4, 0.5) is 0 Å². The van der Waals surface area contributed by atoms with Crippen LogP contribution in [0.1, 0.15) is 37.7 Å². The summed E-state index contributed by atoms with van der Waals surface area (Å²) in [6.45, 7) is 0.778. The average Bonchev–Trinajstić information content (AvgIpc) is 2.95. The molecular weight excluding hydrogens is 326 g/mol. The molecule has 1 aromatic heterocycles. The zero-order chi connectivity index (χ0) is 13.4. The monoisotopic (exact) mass is 343 g/mol. The topological polar surface area (TPSA) is 40.5 Å². The molecule has 0 aromatic carbocycles. The number of aliphatic carboxylic acids is 1. The number of hydrogen-bond acceptors (Lipinski definition) is 3. The van der Waals surface area contributed by atoms with E-state index in [2.05, 4.69) is 32.3 Å². The lowest BCUT2D eigenvalue weighted by atomic mass is 9.85. The first kappa shape index (κ1) is 13.6. The number of carbonyl (C=O) groups is 1. The van der Waals surface area contributed by atoms with E-state index in [1.165, 1.54) is 31.2 Å². The van der Waals surface area contributed by atoms with E-state index >= 15 is 0 Å². The van der Waals surface area contributed by atoms with E-state index in [4.69, 9.17) is 0 Å². The second kappa shape index (κ2) is 5.54. The van der Waals surface area contributed by atoms with E-state index in [1.54, 1.807) is 11.3 Å². The zero-order valence-corrected chi connectivity index (χ0v) is 13.1. The molecule has 5 heteroatoms. The minimum atomic E-state index is -0.649. The maximum absolute atomic E-state index is 11.5. The highest BCUT2D eigenvalue weighted by Crippen LogP contribution is 2.40. The molecule has 0 amide bonds. The van der Waals surface area contributed by atoms with Gasteiger partial charge in [-0.3, -0.25) is 9.69 Å². The second-order valence-electron chi connectivity index (χ2n) is 5.63. The van der Waals surface area contributed by atoms with Gasteiger partial charge in [-0.15, -0.1) is 11.3 Å². The highest BCUT2D eigenvalue weighted by Gasteiger charge is 2.44. The van der Waals surface area contributed by atoms with E-state index in [0.717, 1.165) is 16.8 Å². The Kier molecular flexibility index (Phi) is 3.96. The van der Waals surface area contributed by atoms with Crippen molar-refractivity contribution in [2.45, 2.75) is 50.7 Å². The summed E-state index contributed by atoms with van der Waals surface area (Å²) in [4.78, 5) is 13.7. The lowest BCUT2D eigenvalue weighted by Crippen LogP contribution is -2.41. The van der Waals surface area contributed by atoms with Crippen molar-refractivity contribution in [2.24, 2.45) is 5.92 Å². The van der Waals surface area contributed by atoms with Gasteiger partial charge >= 0.3 is 5.97 Å². The molecule has 0 spiro atoms. The summed E-state index contributed by atoms with van der Waals surface area (Å²) < 4.78 is 1.12. The lowest BCUT2D eigenvalue weighted by Gasteiger charge is -2.32. The maximum Gasteiger partial charge on any atom is 0.320 e. The number of rotatable bonds is 3. The first-order valence-electron chi connectivity index (χ1n) is 6.86. The number of thiophene rings is 1. The fourth-order valence-corrected chi connectivity index (χ4v) is 4.86. The van der Waals surface area contributed by atoms with E-state index < -0.39 is 5.97 Å². The van der Waals surface area contributed by atoms with Crippen LogP contribution in [0.5, 0.6) is 0 Å². The molecule has 1 saturated carbocycles. The summed E-state index contributed by atoms with van der Waals surface area (Å²) in [7, 11) is 0. The van der Waals surface area contributed by atoms with Crippen molar-refractivity contribution in [3.63, 3.8) is 0 Å². The van der Waals surface area contributed by atoms with Gasteiger partial charge < -0.3 is 5.11 Å². The van der Waals surface area contributed by atoms with Crippen molar-refractivity contribution in [1.29, 1.82) is 0 Å². The molecule has 2 aliphatic rings. The number of nitrogens with zero attached hydrogens (tertiary/aromatic N) is 1. The summed E-state index contributed by atoms with van der Waals surface area (Å²) >= 11 is 5.15. The minimum absolute atomic E-state index is 0.285. The third kappa shape index (κ3) is 2.73. The number of hydrogen-bond donors (Lipinski definition) is 1. The Morgan fingerprint density at radius 3 is 2.95 bits per heavy atom. The van der Waals surface area contributed by atoms with Gasteiger partial charge in [0.15, 0.2) is 0 Å². The molecule has 1 aromatic rings. The summed E-state index contributed by atoms with van der Waals surface area (Å²) in [6.07, 6.45) is 5.73. The number of carboxylic acids is 1. The number of carboxylic acid groups (broad SMARTS) is 1. The first-order chi connectivity index (χ1) is 9.15. The zero-order valence-electron chi connectivity index (χ0n) is 10.7. The van der Waals surface area contributed by atoms with Crippen LogP contribution < -0.4 is 0 Å². The Bertz CT molecular complexity index is 476. The van der Waals surface area contributed by atoms with Crippen LogP contribution in [-0.4, -0.2) is 28.1 Å². The smallest absolute Gasteiger partial charge is 0.320 e. The predicted octanol–water partition coefficient (Wildman–Crippen LogP) is 3.73. The standard InChI is InChI=1S/C14H18BrNO2S/c15-13-5-9(8-19-13)7-16-11-4-2-1-3-10(11)6-12(16)14(17)18/h5,8,10-12H,1-4,6-7H2,(H,17,18)/t10-,11-,12-/m0/s1. The average molecular weight is 344 g/mol. The van der Waals surface area contributed by atoms with Gasteiger partial charge in [0.2, 0.25) is 0 Å². The normalized spacial score (nSPS) is 31.3. The fraction of sp³-hybridized carbons (Fsp3) is 0.643. The van der Waals surface area contributed by atoms with E-state index in [1.807, 2.05) is 0 Å². The van der Waals surface area contributed by atoms with Gasteiger partial charge in [0.1, 0.15) is 6.04 Å². The third-order valence-electron chi connectivity index (χ3n) is 4.49. The number of fused-ring (bicyclic) bond motifs is 1. The molecule has 19 heavy (non-hydrogen) atoms. The third-order valence-corrected chi connectivity index (χ3v) is 6.05. The molecule has 3 atom stereocenters. The minimum Gasteiger partial charge on any atom is -0.480 e. The predicted molar refractivity (Wildman–Crippen MR) is 79.3 cm³/mol. The van der Waals surface area contributed by atoms with Crippen LogP contribution in [-0.2, 0) is 11.3 Å². The van der Waals surface area contributed by atoms with Gasteiger partial charge in [-0.1, -0.05) is 12.8 Å². The van der Waals surface area contributed by atoms with Crippen molar-refractivity contribution in [3.05, 3.63) is 20.8 Å². The van der Waals surface area contributed by atoms with Crippen LogP contribution in [0.3, 0.4) is 0 Å². The Hall–Kier alpha value is -0.390. The summed E-state index contributed by atoms with van der Waals surface area (Å²) in [6, 6.07) is 2.31. The molecule has 3 nitrogen and oxygen atoms in total. The van der Waals surface area contributed by atoms with Gasteiger partial charge in [-0.2, -0.15) is 0 Å². The van der Waals surface area contributed by atoms with Crippen molar-refractivity contribution in [3.8, 4) is 0 Å². The molecule has 3 rings (SSSR count). The highest BCUT2D eigenvalue weighted by molar-refractivity contribution is 9.11. The van der Waals surface area contributed by atoms with Crippen LogP contribution in [0, 0.1) is 5.92 Å². The van der Waals surface area contributed by atoms with Crippen molar-refractivity contribution < 1.29 is 9.90 Å². The molecule has 2 heterocycles. The van der Waals surface area contributed by atoms with E-state index in [0.29, 0.717) is 12.0 Å². The van der Waals surface area contributed by atoms with Crippen LogP contribution in [0.25, 0.3) is 0 Å². The Morgan fingerprint density at radius 2 is 2.26 bits per heavy atom.